The van der Waals surface area contributed by atoms with Crippen molar-refractivity contribution in [2.24, 2.45) is 5.18 Å². The highest BCUT2D eigenvalue weighted by molar-refractivity contribution is 5.60. The van der Waals surface area contributed by atoms with E-state index in [0.29, 0.717) is 16.5 Å². The lowest BCUT2D eigenvalue weighted by atomic mass is 10.1. The second-order valence-electron chi connectivity index (χ2n) is 6.46. The highest BCUT2D eigenvalue weighted by Gasteiger charge is 2.36. The van der Waals surface area contributed by atoms with Crippen LogP contribution in [0.1, 0.15) is 17.0 Å². The summed E-state index contributed by atoms with van der Waals surface area (Å²) in [6.07, 6.45) is -9.71. The Labute approximate surface area is 175 Å². The lowest BCUT2D eigenvalue weighted by Crippen LogP contribution is -2.34. The summed E-state index contributed by atoms with van der Waals surface area (Å²) in [5.74, 6) is -0.361. The number of nitrogens with zero attached hydrogens (tertiary/aromatic N) is 5. The highest BCUT2D eigenvalue weighted by atomic mass is 19.4. The largest absolute Gasteiger partial charge is 0.417 e. The topological polar surface area (TPSA) is 95.4 Å². The molecule has 0 saturated heterocycles. The summed E-state index contributed by atoms with van der Waals surface area (Å²) in [5.41, 5.74) is -2.17. The zero-order chi connectivity index (χ0) is 23.5. The van der Waals surface area contributed by atoms with Crippen LogP contribution in [0.4, 0.5) is 37.7 Å². The number of alkyl halides is 6. The number of nitriles is 1. The molecule has 0 unspecified atom stereocenters. The molecular formula is C19H11F6N5O2. The van der Waals surface area contributed by atoms with Crippen molar-refractivity contribution in [3.8, 4) is 17.5 Å². The zero-order valence-corrected chi connectivity index (χ0v) is 15.8. The number of anilines is 1. The predicted molar refractivity (Wildman–Crippen MR) is 98.5 cm³/mol. The Morgan fingerprint density at radius 2 is 1.84 bits per heavy atom. The third-order valence-corrected chi connectivity index (χ3v) is 4.17. The van der Waals surface area contributed by atoms with Crippen LogP contribution in [0.15, 0.2) is 52.2 Å². The van der Waals surface area contributed by atoms with E-state index >= 15 is 0 Å². The Bertz CT molecular complexity index is 1170. The molecule has 2 aromatic carbocycles. The molecule has 0 atom stereocenters. The fourth-order valence-electron chi connectivity index (χ4n) is 2.82. The Morgan fingerprint density at radius 1 is 1.09 bits per heavy atom. The third kappa shape index (κ3) is 5.39. The van der Waals surface area contributed by atoms with Crippen molar-refractivity contribution >= 4 is 11.4 Å². The average Bonchev–Trinajstić information content (AvgIpc) is 3.20. The van der Waals surface area contributed by atoms with E-state index in [1.165, 1.54) is 30.3 Å². The van der Waals surface area contributed by atoms with Gasteiger partial charge in [0.25, 0.3) is 0 Å². The normalized spacial score (nSPS) is 11.8. The van der Waals surface area contributed by atoms with Crippen LogP contribution in [0, 0.1) is 16.2 Å². The van der Waals surface area contributed by atoms with Gasteiger partial charge in [-0.3, -0.25) is 0 Å². The maximum absolute atomic E-state index is 13.2. The van der Waals surface area contributed by atoms with Gasteiger partial charge >= 0.3 is 12.4 Å². The van der Waals surface area contributed by atoms with E-state index in [-0.39, 0.29) is 17.4 Å². The van der Waals surface area contributed by atoms with Crippen molar-refractivity contribution in [1.82, 2.24) is 10.1 Å². The van der Waals surface area contributed by atoms with E-state index in [9.17, 15) is 31.2 Å². The van der Waals surface area contributed by atoms with E-state index in [0.717, 1.165) is 12.1 Å². The first-order valence-corrected chi connectivity index (χ1v) is 8.69. The molecule has 1 aromatic heterocycles. The summed E-state index contributed by atoms with van der Waals surface area (Å²) in [6.45, 7) is -2.28. The van der Waals surface area contributed by atoms with Gasteiger partial charge in [0, 0.05) is 11.3 Å². The maximum Gasteiger partial charge on any atom is 0.417 e. The predicted octanol–water partition coefficient (Wildman–Crippen LogP) is 5.59. The number of nitroso groups, excluding NO2 is 1. The minimum atomic E-state index is -4.94. The van der Waals surface area contributed by atoms with Crippen LogP contribution in [-0.2, 0) is 12.7 Å². The quantitative estimate of drug-likeness (QED) is 0.355. The molecule has 0 spiro atoms. The Kier molecular flexibility index (Phi) is 6.15. The highest BCUT2D eigenvalue weighted by Crippen LogP contribution is 2.35. The fourth-order valence-corrected chi connectivity index (χ4v) is 2.82. The Balaban J connectivity index is 1.95. The van der Waals surface area contributed by atoms with Gasteiger partial charge in [0.1, 0.15) is 12.2 Å². The summed E-state index contributed by atoms with van der Waals surface area (Å²) in [7, 11) is 0. The van der Waals surface area contributed by atoms with Crippen LogP contribution in [0.5, 0.6) is 0 Å². The van der Waals surface area contributed by atoms with Crippen molar-refractivity contribution in [2.75, 3.05) is 11.4 Å². The van der Waals surface area contributed by atoms with Gasteiger partial charge < -0.3 is 9.42 Å². The van der Waals surface area contributed by atoms with Crippen molar-refractivity contribution in [3.63, 3.8) is 0 Å². The molecule has 1 heterocycles. The molecule has 0 saturated carbocycles. The number of hydrogen-bond acceptors (Lipinski definition) is 7. The molecule has 3 aromatic rings. The monoisotopic (exact) mass is 455 g/mol. The molecule has 0 fully saturated rings. The summed E-state index contributed by atoms with van der Waals surface area (Å²) >= 11 is 0. The van der Waals surface area contributed by atoms with E-state index in [1.54, 1.807) is 0 Å². The first kappa shape index (κ1) is 22.7. The second-order valence-corrected chi connectivity index (χ2v) is 6.46. The van der Waals surface area contributed by atoms with Gasteiger partial charge in [-0.15, -0.1) is 4.91 Å². The van der Waals surface area contributed by atoms with Gasteiger partial charge in [0.05, 0.1) is 23.7 Å². The first-order valence-electron chi connectivity index (χ1n) is 8.69. The minimum absolute atomic E-state index is 0.0479. The average molecular weight is 455 g/mol. The lowest BCUT2D eigenvalue weighted by molar-refractivity contribution is -0.137. The van der Waals surface area contributed by atoms with Crippen LogP contribution in [-0.4, -0.2) is 22.9 Å². The van der Waals surface area contributed by atoms with E-state index in [1.807, 2.05) is 0 Å². The van der Waals surface area contributed by atoms with Gasteiger partial charge in [0.15, 0.2) is 0 Å². The summed E-state index contributed by atoms with van der Waals surface area (Å²) in [6, 6.07) is 9.30. The van der Waals surface area contributed by atoms with Crippen LogP contribution >= 0.6 is 0 Å². The molecule has 166 valence electrons. The van der Waals surface area contributed by atoms with Gasteiger partial charge in [-0.05, 0) is 35.5 Å². The van der Waals surface area contributed by atoms with Crippen LogP contribution in [0.3, 0.4) is 0 Å². The van der Waals surface area contributed by atoms with Crippen LogP contribution in [0.25, 0.3) is 11.4 Å². The maximum atomic E-state index is 13.2. The van der Waals surface area contributed by atoms with Gasteiger partial charge in [-0.1, -0.05) is 17.3 Å². The summed E-state index contributed by atoms with van der Waals surface area (Å²) in [5, 5.41) is 15.3. The number of aromatic nitrogens is 2. The summed E-state index contributed by atoms with van der Waals surface area (Å²) in [4.78, 5) is 15.2. The molecule has 7 nitrogen and oxygen atoms in total. The van der Waals surface area contributed by atoms with Gasteiger partial charge in [0.2, 0.25) is 11.7 Å². The molecular weight excluding hydrogens is 444 g/mol. The molecule has 13 heteroatoms. The number of benzene rings is 2. The van der Waals surface area contributed by atoms with E-state index < -0.39 is 42.3 Å². The van der Waals surface area contributed by atoms with Crippen molar-refractivity contribution in [2.45, 2.75) is 18.9 Å². The van der Waals surface area contributed by atoms with Gasteiger partial charge in [-0.25, -0.2) is 0 Å². The van der Waals surface area contributed by atoms with Crippen LogP contribution in [0.2, 0.25) is 0 Å². The zero-order valence-electron chi connectivity index (χ0n) is 15.8. The second kappa shape index (κ2) is 8.66. The SMILES string of the molecule is N#Cc1ccc(N(Cc2nc(-c3cccc(N=O)c3)no2)CC(F)(F)F)cc1C(F)(F)F. The van der Waals surface area contributed by atoms with Crippen LogP contribution < -0.4 is 4.90 Å². The third-order valence-electron chi connectivity index (χ3n) is 4.17. The molecule has 0 aliphatic heterocycles. The smallest absolute Gasteiger partial charge is 0.353 e. The summed E-state index contributed by atoms with van der Waals surface area (Å²) < 4.78 is 84.0. The van der Waals surface area contributed by atoms with Gasteiger partial charge in [-0.2, -0.15) is 36.6 Å². The molecule has 0 radical (unpaired) electrons. The molecule has 0 aliphatic rings. The molecule has 0 N–H and O–H groups in total. The van der Waals surface area contributed by atoms with E-state index in [2.05, 4.69) is 15.3 Å². The molecule has 0 bridgehead atoms. The first-order chi connectivity index (χ1) is 15.0. The number of rotatable bonds is 6. The van der Waals surface area contributed by atoms with Crippen molar-refractivity contribution in [1.29, 1.82) is 5.26 Å². The molecule has 0 aliphatic carbocycles. The fraction of sp³-hybridized carbons (Fsp3) is 0.211. The lowest BCUT2D eigenvalue weighted by Gasteiger charge is -2.25. The Morgan fingerprint density at radius 3 is 2.47 bits per heavy atom. The van der Waals surface area contributed by atoms with Crippen molar-refractivity contribution in [3.05, 3.63) is 64.4 Å². The van der Waals surface area contributed by atoms with Crippen molar-refractivity contribution < 1.29 is 30.9 Å². The standard InChI is InChI=1S/C19H11F6N5O2/c20-18(21,22)10-30(14-5-4-12(8-26)15(7-14)19(23,24)25)9-16-27-17(29-32-16)11-2-1-3-13(6-11)28-31/h1-7H,9-10H2. The number of halogens is 6. The molecule has 32 heavy (non-hydrogen) atoms. The minimum Gasteiger partial charge on any atom is -0.353 e. The molecule has 3 rings (SSSR count). The molecule has 0 amide bonds. The Hall–Kier alpha value is -3.95. The number of hydrogen-bond donors (Lipinski definition) is 0. The van der Waals surface area contributed by atoms with E-state index in [4.69, 9.17) is 9.78 Å².